The quantitative estimate of drug-likeness (QED) is 0.940. The molecule has 2 aromatic rings. The van der Waals surface area contributed by atoms with Crippen LogP contribution in [0.15, 0.2) is 23.1 Å². The van der Waals surface area contributed by atoms with Crippen molar-refractivity contribution in [3.05, 3.63) is 46.0 Å². The molecule has 2 N–H and O–H groups in total. The van der Waals surface area contributed by atoms with Gasteiger partial charge in [-0.05, 0) is 31.5 Å². The largest absolute Gasteiger partial charge is 0.264 e. The fraction of sp³-hybridized carbons (Fsp3) is 0.250. The molecule has 0 aliphatic carbocycles. The predicted octanol–water partition coefficient (Wildman–Crippen LogP) is 1.99. The van der Waals surface area contributed by atoms with Crippen molar-refractivity contribution in [2.75, 3.05) is 0 Å². The van der Waals surface area contributed by atoms with Crippen LogP contribution in [0.4, 0.5) is 4.39 Å². The Morgan fingerprint density at radius 2 is 2.05 bits per heavy atom. The number of hydrogen-bond donors (Lipinski definition) is 1. The third-order valence-corrected chi connectivity index (χ3v) is 4.45. The van der Waals surface area contributed by atoms with E-state index in [2.05, 4.69) is 5.10 Å². The highest BCUT2D eigenvalue weighted by molar-refractivity contribution is 7.89. The van der Waals surface area contributed by atoms with E-state index in [1.54, 1.807) is 13.8 Å². The third-order valence-electron chi connectivity index (χ3n) is 2.93. The van der Waals surface area contributed by atoms with Gasteiger partial charge in [0.2, 0.25) is 10.0 Å². The van der Waals surface area contributed by atoms with Gasteiger partial charge >= 0.3 is 0 Å². The monoisotopic (exact) mass is 317 g/mol. The van der Waals surface area contributed by atoms with Crippen LogP contribution in [0, 0.1) is 19.7 Å². The van der Waals surface area contributed by atoms with Crippen molar-refractivity contribution in [1.29, 1.82) is 0 Å². The molecule has 0 radical (unpaired) electrons. The molecule has 0 saturated heterocycles. The Balaban J connectivity index is 2.46. The Morgan fingerprint density at radius 1 is 1.40 bits per heavy atom. The summed E-state index contributed by atoms with van der Waals surface area (Å²) < 4.78 is 37.5. The van der Waals surface area contributed by atoms with Crippen LogP contribution in [-0.2, 0) is 16.6 Å². The van der Waals surface area contributed by atoms with E-state index in [4.69, 9.17) is 16.7 Å². The molecule has 0 aliphatic heterocycles. The molecule has 108 valence electrons. The molecule has 20 heavy (non-hydrogen) atoms. The van der Waals surface area contributed by atoms with Gasteiger partial charge < -0.3 is 0 Å². The number of sulfonamides is 1. The number of primary sulfonamides is 1. The molecule has 0 atom stereocenters. The second-order valence-corrected chi connectivity index (χ2v) is 6.34. The lowest BCUT2D eigenvalue weighted by molar-refractivity contribution is 0.595. The zero-order valence-corrected chi connectivity index (χ0v) is 12.5. The Labute approximate surface area is 121 Å². The molecular formula is C12H13ClFN3O2S. The molecule has 0 bridgehead atoms. The highest BCUT2D eigenvalue weighted by atomic mass is 35.5. The SMILES string of the molecule is Cc1nn(Cc2ccc(F)cc2Cl)c(C)c1S(N)(=O)=O. The van der Waals surface area contributed by atoms with Gasteiger partial charge in [-0.2, -0.15) is 5.10 Å². The first kappa shape index (κ1) is 15.0. The lowest BCUT2D eigenvalue weighted by atomic mass is 10.2. The number of aryl methyl sites for hydroxylation is 1. The molecule has 1 heterocycles. The van der Waals surface area contributed by atoms with E-state index in [0.29, 0.717) is 17.0 Å². The topological polar surface area (TPSA) is 78.0 Å². The Hall–Kier alpha value is -1.44. The lowest BCUT2D eigenvalue weighted by Gasteiger charge is -2.07. The average Bonchev–Trinajstić information content (AvgIpc) is 2.57. The third kappa shape index (κ3) is 2.84. The summed E-state index contributed by atoms with van der Waals surface area (Å²) in [6, 6.07) is 4.02. The number of aromatic nitrogens is 2. The second kappa shape index (κ2) is 5.16. The Kier molecular flexibility index (Phi) is 3.86. The van der Waals surface area contributed by atoms with Gasteiger partial charge in [-0.25, -0.2) is 17.9 Å². The molecular weight excluding hydrogens is 305 g/mol. The maximum absolute atomic E-state index is 13.0. The Bertz CT molecular complexity index is 771. The van der Waals surface area contributed by atoms with Crippen LogP contribution in [0.25, 0.3) is 0 Å². The fourth-order valence-electron chi connectivity index (χ4n) is 2.06. The van der Waals surface area contributed by atoms with Crippen molar-refractivity contribution in [3.63, 3.8) is 0 Å². The number of nitrogens with zero attached hydrogens (tertiary/aromatic N) is 2. The van der Waals surface area contributed by atoms with E-state index in [1.165, 1.54) is 22.9 Å². The first-order valence-electron chi connectivity index (χ1n) is 5.71. The smallest absolute Gasteiger partial charge is 0.241 e. The van der Waals surface area contributed by atoms with Gasteiger partial charge in [0.25, 0.3) is 0 Å². The normalized spacial score (nSPS) is 11.8. The molecule has 1 aromatic carbocycles. The van der Waals surface area contributed by atoms with Crippen molar-refractivity contribution >= 4 is 21.6 Å². The number of halogens is 2. The highest BCUT2D eigenvalue weighted by Gasteiger charge is 2.21. The molecule has 0 amide bonds. The summed E-state index contributed by atoms with van der Waals surface area (Å²) in [4.78, 5) is 0.00994. The maximum atomic E-state index is 13.0. The van der Waals surface area contributed by atoms with Crippen LogP contribution < -0.4 is 5.14 Å². The minimum atomic E-state index is -3.83. The van der Waals surface area contributed by atoms with Crippen LogP contribution in [0.3, 0.4) is 0 Å². The summed E-state index contributed by atoms with van der Waals surface area (Å²) in [5.41, 5.74) is 1.38. The van der Waals surface area contributed by atoms with Crippen LogP contribution in [0.1, 0.15) is 17.0 Å². The standard InChI is InChI=1S/C12H13ClFN3O2S/c1-7-12(20(15,18)19)8(2)17(16-7)6-9-3-4-10(14)5-11(9)13/h3-5H,6H2,1-2H3,(H2,15,18,19). The predicted molar refractivity (Wildman–Crippen MR) is 73.6 cm³/mol. The molecule has 5 nitrogen and oxygen atoms in total. The molecule has 0 saturated carbocycles. The molecule has 2 rings (SSSR count). The van der Waals surface area contributed by atoms with Crippen molar-refractivity contribution in [3.8, 4) is 0 Å². The lowest BCUT2D eigenvalue weighted by Crippen LogP contribution is -2.14. The zero-order valence-electron chi connectivity index (χ0n) is 10.9. The minimum absolute atomic E-state index is 0.00994. The van der Waals surface area contributed by atoms with Crippen molar-refractivity contribution in [1.82, 2.24) is 9.78 Å². The second-order valence-electron chi connectivity index (χ2n) is 4.44. The van der Waals surface area contributed by atoms with Crippen molar-refractivity contribution in [2.24, 2.45) is 5.14 Å². The van der Waals surface area contributed by atoms with Crippen molar-refractivity contribution < 1.29 is 12.8 Å². The molecule has 0 unspecified atom stereocenters. The first-order chi connectivity index (χ1) is 9.20. The number of hydrogen-bond acceptors (Lipinski definition) is 3. The van der Waals surface area contributed by atoms with E-state index >= 15 is 0 Å². The zero-order chi connectivity index (χ0) is 15.1. The molecule has 0 spiro atoms. The molecule has 8 heteroatoms. The number of nitrogens with two attached hydrogens (primary N) is 1. The average molecular weight is 318 g/mol. The van der Waals surface area contributed by atoms with Gasteiger partial charge in [0.05, 0.1) is 17.9 Å². The van der Waals surface area contributed by atoms with E-state index in [-0.39, 0.29) is 16.5 Å². The summed E-state index contributed by atoms with van der Waals surface area (Å²) >= 11 is 5.94. The van der Waals surface area contributed by atoms with Crippen LogP contribution in [0.2, 0.25) is 5.02 Å². The van der Waals surface area contributed by atoms with Crippen LogP contribution in [-0.4, -0.2) is 18.2 Å². The summed E-state index contributed by atoms with van der Waals surface area (Å²) in [6.45, 7) is 3.41. The summed E-state index contributed by atoms with van der Waals surface area (Å²) in [7, 11) is -3.83. The first-order valence-corrected chi connectivity index (χ1v) is 7.63. The summed E-state index contributed by atoms with van der Waals surface area (Å²) in [6.07, 6.45) is 0. The van der Waals surface area contributed by atoms with Crippen LogP contribution >= 0.6 is 11.6 Å². The van der Waals surface area contributed by atoms with Gasteiger partial charge in [-0.1, -0.05) is 17.7 Å². The van der Waals surface area contributed by atoms with Gasteiger partial charge in [0.1, 0.15) is 10.7 Å². The van der Waals surface area contributed by atoms with E-state index in [9.17, 15) is 12.8 Å². The highest BCUT2D eigenvalue weighted by Crippen LogP contribution is 2.22. The van der Waals surface area contributed by atoms with E-state index in [1.807, 2.05) is 0 Å². The number of benzene rings is 1. The maximum Gasteiger partial charge on any atom is 0.241 e. The van der Waals surface area contributed by atoms with E-state index in [0.717, 1.165) is 0 Å². The van der Waals surface area contributed by atoms with Gasteiger partial charge in [-0.3, -0.25) is 4.68 Å². The molecule has 1 aromatic heterocycles. The number of rotatable bonds is 3. The fourth-order valence-corrected chi connectivity index (χ4v) is 3.25. The van der Waals surface area contributed by atoms with Gasteiger partial charge in [-0.15, -0.1) is 0 Å². The Morgan fingerprint density at radius 3 is 2.55 bits per heavy atom. The summed E-state index contributed by atoms with van der Waals surface area (Å²) in [5.74, 6) is -0.433. The minimum Gasteiger partial charge on any atom is -0.264 e. The van der Waals surface area contributed by atoms with Gasteiger partial charge in [0, 0.05) is 5.02 Å². The van der Waals surface area contributed by atoms with Crippen LogP contribution in [0.5, 0.6) is 0 Å². The molecule has 0 aliphatic rings. The summed E-state index contributed by atoms with van der Waals surface area (Å²) in [5, 5.41) is 9.56. The van der Waals surface area contributed by atoms with E-state index < -0.39 is 15.8 Å². The van der Waals surface area contributed by atoms with Gasteiger partial charge in [0.15, 0.2) is 0 Å². The van der Waals surface area contributed by atoms with Crippen molar-refractivity contribution in [2.45, 2.75) is 25.3 Å². The molecule has 0 fully saturated rings.